The maximum atomic E-state index is 12.6. The monoisotopic (exact) mass is 308 g/mol. The normalized spacial score (nSPS) is 10.8. The second kappa shape index (κ2) is 5.80. The van der Waals surface area contributed by atoms with Gasteiger partial charge in [0.15, 0.2) is 0 Å². The van der Waals surface area contributed by atoms with E-state index in [4.69, 9.17) is 4.74 Å². The molecule has 2 aromatic carbocycles. The number of ether oxygens (including phenoxy) is 1. The first-order valence-corrected chi connectivity index (χ1v) is 7.54. The van der Waals surface area contributed by atoms with Gasteiger partial charge in [-0.1, -0.05) is 6.07 Å². The maximum Gasteiger partial charge on any atom is 0.272 e. The highest BCUT2D eigenvalue weighted by molar-refractivity contribution is 6.08. The zero-order valence-corrected chi connectivity index (χ0v) is 13.8. The Balaban J connectivity index is 1.96. The summed E-state index contributed by atoms with van der Waals surface area (Å²) in [6.07, 6.45) is 0. The summed E-state index contributed by atoms with van der Waals surface area (Å²) in [6, 6.07) is 11.8. The number of benzene rings is 2. The molecule has 0 spiro atoms. The number of nitrogens with one attached hydrogen (secondary N) is 2. The molecule has 1 heterocycles. The molecule has 3 rings (SSSR count). The van der Waals surface area contributed by atoms with Gasteiger partial charge in [0, 0.05) is 16.6 Å². The quantitative estimate of drug-likeness (QED) is 0.755. The molecule has 0 bridgehead atoms. The second-order valence-electron chi connectivity index (χ2n) is 5.87. The average molecular weight is 308 g/mol. The topological polar surface area (TPSA) is 54.1 Å². The summed E-state index contributed by atoms with van der Waals surface area (Å²) >= 11 is 0. The van der Waals surface area contributed by atoms with Gasteiger partial charge in [0.1, 0.15) is 11.4 Å². The Morgan fingerprint density at radius 1 is 1.04 bits per heavy atom. The van der Waals surface area contributed by atoms with Crippen LogP contribution in [0.5, 0.6) is 5.75 Å². The lowest BCUT2D eigenvalue weighted by Crippen LogP contribution is -2.13. The summed E-state index contributed by atoms with van der Waals surface area (Å²) in [7, 11) is 1.64. The van der Waals surface area contributed by atoms with E-state index >= 15 is 0 Å². The van der Waals surface area contributed by atoms with Crippen molar-refractivity contribution in [2.45, 2.75) is 20.8 Å². The molecule has 0 aliphatic heterocycles. The average Bonchev–Trinajstić information content (AvgIpc) is 2.83. The Hall–Kier alpha value is -2.75. The molecule has 0 unspecified atom stereocenters. The van der Waals surface area contributed by atoms with Crippen molar-refractivity contribution < 1.29 is 9.53 Å². The van der Waals surface area contributed by atoms with Gasteiger partial charge in [-0.25, -0.2) is 0 Å². The van der Waals surface area contributed by atoms with E-state index in [1.54, 1.807) is 7.11 Å². The third-order valence-corrected chi connectivity index (χ3v) is 3.97. The first kappa shape index (κ1) is 15.2. The number of rotatable bonds is 3. The van der Waals surface area contributed by atoms with E-state index in [1.165, 1.54) is 0 Å². The van der Waals surface area contributed by atoms with Crippen LogP contribution in [0.4, 0.5) is 5.69 Å². The SMILES string of the molecule is COc1ccc2[nH]c(C(=O)Nc3cc(C)cc(C)c3)c(C)c2c1. The predicted octanol–water partition coefficient (Wildman–Crippen LogP) is 4.35. The van der Waals surface area contributed by atoms with E-state index in [2.05, 4.69) is 16.4 Å². The number of aromatic amines is 1. The smallest absolute Gasteiger partial charge is 0.272 e. The molecular weight excluding hydrogens is 288 g/mol. The lowest BCUT2D eigenvalue weighted by molar-refractivity contribution is 0.102. The van der Waals surface area contributed by atoms with Crippen LogP contribution in [0.3, 0.4) is 0 Å². The number of hydrogen-bond acceptors (Lipinski definition) is 2. The Morgan fingerprint density at radius 3 is 2.39 bits per heavy atom. The minimum absolute atomic E-state index is 0.136. The fraction of sp³-hybridized carbons (Fsp3) is 0.211. The van der Waals surface area contributed by atoms with Gasteiger partial charge in [0.25, 0.3) is 5.91 Å². The fourth-order valence-corrected chi connectivity index (χ4v) is 2.90. The number of methoxy groups -OCH3 is 1. The molecule has 0 aliphatic rings. The van der Waals surface area contributed by atoms with E-state index in [9.17, 15) is 4.79 Å². The zero-order chi connectivity index (χ0) is 16.6. The van der Waals surface area contributed by atoms with Crippen molar-refractivity contribution in [3.8, 4) is 5.75 Å². The summed E-state index contributed by atoms with van der Waals surface area (Å²) in [5, 5.41) is 3.96. The van der Waals surface area contributed by atoms with Crippen LogP contribution in [0.2, 0.25) is 0 Å². The summed E-state index contributed by atoms with van der Waals surface area (Å²) in [5.41, 5.74) is 5.47. The van der Waals surface area contributed by atoms with Crippen molar-refractivity contribution in [2.75, 3.05) is 12.4 Å². The van der Waals surface area contributed by atoms with Gasteiger partial charge >= 0.3 is 0 Å². The maximum absolute atomic E-state index is 12.6. The van der Waals surface area contributed by atoms with Gasteiger partial charge in [-0.15, -0.1) is 0 Å². The molecule has 0 atom stereocenters. The highest BCUT2D eigenvalue weighted by atomic mass is 16.5. The van der Waals surface area contributed by atoms with Crippen LogP contribution in [-0.4, -0.2) is 18.0 Å². The van der Waals surface area contributed by atoms with Gasteiger partial charge in [0.05, 0.1) is 7.11 Å². The number of anilines is 1. The molecule has 2 N–H and O–H groups in total. The standard InChI is InChI=1S/C19H20N2O2/c1-11-7-12(2)9-14(8-11)20-19(22)18-13(3)16-10-15(23-4)5-6-17(16)21-18/h5-10,21H,1-4H3,(H,20,22). The zero-order valence-electron chi connectivity index (χ0n) is 13.8. The molecule has 23 heavy (non-hydrogen) atoms. The fourth-order valence-electron chi connectivity index (χ4n) is 2.90. The number of amides is 1. The second-order valence-corrected chi connectivity index (χ2v) is 5.87. The third kappa shape index (κ3) is 2.93. The number of hydrogen-bond donors (Lipinski definition) is 2. The van der Waals surface area contributed by atoms with Crippen LogP contribution in [-0.2, 0) is 0 Å². The van der Waals surface area contributed by atoms with Crippen LogP contribution in [0.15, 0.2) is 36.4 Å². The van der Waals surface area contributed by atoms with Gasteiger partial charge in [-0.05, 0) is 67.8 Å². The van der Waals surface area contributed by atoms with Crippen molar-refractivity contribution in [1.82, 2.24) is 4.98 Å². The number of carbonyl (C=O) groups is 1. The van der Waals surface area contributed by atoms with Crippen molar-refractivity contribution in [1.29, 1.82) is 0 Å². The van der Waals surface area contributed by atoms with Gasteiger partial charge in [-0.2, -0.15) is 0 Å². The molecule has 0 saturated heterocycles. The molecule has 4 nitrogen and oxygen atoms in total. The summed E-state index contributed by atoms with van der Waals surface area (Å²) in [4.78, 5) is 15.8. The number of carbonyl (C=O) groups excluding carboxylic acids is 1. The molecule has 3 aromatic rings. The number of H-pyrrole nitrogens is 1. The van der Waals surface area contributed by atoms with E-state index in [0.29, 0.717) is 5.69 Å². The van der Waals surface area contributed by atoms with E-state index in [1.807, 2.05) is 51.1 Å². The minimum Gasteiger partial charge on any atom is -0.497 e. The predicted molar refractivity (Wildman–Crippen MR) is 93.5 cm³/mol. The first-order chi connectivity index (χ1) is 11.0. The molecule has 1 aromatic heterocycles. The number of aryl methyl sites for hydroxylation is 3. The highest BCUT2D eigenvalue weighted by Gasteiger charge is 2.15. The van der Waals surface area contributed by atoms with Gasteiger partial charge < -0.3 is 15.0 Å². The van der Waals surface area contributed by atoms with E-state index in [0.717, 1.165) is 39.0 Å². The number of aromatic nitrogens is 1. The Bertz CT molecular complexity index is 874. The van der Waals surface area contributed by atoms with Crippen LogP contribution in [0.1, 0.15) is 27.2 Å². The molecule has 0 aliphatic carbocycles. The van der Waals surface area contributed by atoms with Crippen molar-refractivity contribution >= 4 is 22.5 Å². The largest absolute Gasteiger partial charge is 0.497 e. The lowest BCUT2D eigenvalue weighted by atomic mass is 10.1. The van der Waals surface area contributed by atoms with Crippen LogP contribution >= 0.6 is 0 Å². The van der Waals surface area contributed by atoms with Crippen molar-refractivity contribution in [2.24, 2.45) is 0 Å². The van der Waals surface area contributed by atoms with Crippen LogP contribution < -0.4 is 10.1 Å². The Labute approximate surface area is 135 Å². The van der Waals surface area contributed by atoms with E-state index < -0.39 is 0 Å². The Morgan fingerprint density at radius 2 is 1.74 bits per heavy atom. The summed E-state index contributed by atoms with van der Waals surface area (Å²) in [5.74, 6) is 0.642. The minimum atomic E-state index is -0.136. The molecule has 0 radical (unpaired) electrons. The van der Waals surface area contributed by atoms with Crippen LogP contribution in [0, 0.1) is 20.8 Å². The summed E-state index contributed by atoms with van der Waals surface area (Å²) < 4.78 is 5.25. The molecule has 4 heteroatoms. The molecule has 0 saturated carbocycles. The number of fused-ring (bicyclic) bond motifs is 1. The highest BCUT2D eigenvalue weighted by Crippen LogP contribution is 2.26. The van der Waals surface area contributed by atoms with Crippen LogP contribution in [0.25, 0.3) is 10.9 Å². The molecule has 118 valence electrons. The Kier molecular flexibility index (Phi) is 3.82. The third-order valence-electron chi connectivity index (χ3n) is 3.97. The summed E-state index contributed by atoms with van der Waals surface area (Å²) in [6.45, 7) is 5.97. The van der Waals surface area contributed by atoms with Crippen molar-refractivity contribution in [3.05, 3.63) is 58.8 Å². The van der Waals surface area contributed by atoms with Crippen molar-refractivity contribution in [3.63, 3.8) is 0 Å². The van der Waals surface area contributed by atoms with E-state index in [-0.39, 0.29) is 5.91 Å². The molecular formula is C19H20N2O2. The molecule has 0 fully saturated rings. The van der Waals surface area contributed by atoms with Gasteiger partial charge in [0.2, 0.25) is 0 Å². The molecule has 1 amide bonds. The first-order valence-electron chi connectivity index (χ1n) is 7.54. The van der Waals surface area contributed by atoms with Gasteiger partial charge in [-0.3, -0.25) is 4.79 Å². The lowest BCUT2D eigenvalue weighted by Gasteiger charge is -2.07.